The van der Waals surface area contributed by atoms with Gasteiger partial charge >= 0.3 is 70.5 Å². The van der Waals surface area contributed by atoms with Crippen molar-refractivity contribution in [2.45, 2.75) is 6.92 Å². The molecule has 0 spiro atoms. The Labute approximate surface area is 70.5 Å². The number of aryl methyl sites for hydroxylation is 1. The van der Waals surface area contributed by atoms with E-state index < -0.39 is 0 Å². The van der Waals surface area contributed by atoms with E-state index in [2.05, 4.69) is 6.92 Å². The Morgan fingerprint density at radius 1 is 1.22 bits per heavy atom. The first-order valence-corrected chi connectivity index (χ1v) is 3.73. The first-order valence-electron chi connectivity index (χ1n) is 2.73. The fourth-order valence-electron chi connectivity index (χ4n) is 0.606. The Balaban J connectivity index is 2.88. The van der Waals surface area contributed by atoms with Crippen molar-refractivity contribution in [1.82, 2.24) is 0 Å². The Kier molecular flexibility index (Phi) is 2.47. The second kappa shape index (κ2) is 3.17. The van der Waals surface area contributed by atoms with E-state index in [4.69, 9.17) is 2.81 Å². The van der Waals surface area contributed by atoms with E-state index >= 15 is 0 Å². The van der Waals surface area contributed by atoms with Crippen LogP contribution in [0.2, 0.25) is 0 Å². The average molecular weight is 198 g/mol. The SMILES string of the molecule is Cc1ccc([O][Zr])cc1. The van der Waals surface area contributed by atoms with Gasteiger partial charge in [-0.1, -0.05) is 0 Å². The normalized spacial score (nSPS) is 8.89. The van der Waals surface area contributed by atoms with Crippen LogP contribution in [-0.2, 0) is 25.2 Å². The fourth-order valence-corrected chi connectivity index (χ4v) is 0.941. The van der Waals surface area contributed by atoms with Gasteiger partial charge in [-0.3, -0.25) is 0 Å². The van der Waals surface area contributed by atoms with Crippen molar-refractivity contribution in [1.29, 1.82) is 0 Å². The van der Waals surface area contributed by atoms with Gasteiger partial charge < -0.3 is 0 Å². The minimum atomic E-state index is 0.957. The molecule has 0 aliphatic heterocycles. The van der Waals surface area contributed by atoms with Gasteiger partial charge in [-0.25, -0.2) is 0 Å². The first kappa shape index (κ1) is 7.02. The molecule has 0 amide bonds. The van der Waals surface area contributed by atoms with Gasteiger partial charge in [0.15, 0.2) is 0 Å². The van der Waals surface area contributed by atoms with E-state index in [0.717, 1.165) is 30.9 Å². The molecule has 0 heterocycles. The van der Waals surface area contributed by atoms with Gasteiger partial charge in [-0.15, -0.1) is 0 Å². The van der Waals surface area contributed by atoms with E-state index in [9.17, 15) is 0 Å². The predicted molar refractivity (Wildman–Crippen MR) is 31.8 cm³/mol. The molecule has 1 aromatic carbocycles. The van der Waals surface area contributed by atoms with Crippen molar-refractivity contribution >= 4 is 0 Å². The third-order valence-electron chi connectivity index (χ3n) is 1.14. The van der Waals surface area contributed by atoms with Crippen LogP contribution in [0, 0.1) is 6.92 Å². The fraction of sp³-hybridized carbons (Fsp3) is 0.143. The quantitative estimate of drug-likeness (QED) is 0.669. The van der Waals surface area contributed by atoms with Gasteiger partial charge in [0.25, 0.3) is 0 Å². The van der Waals surface area contributed by atoms with Crippen LogP contribution in [0.25, 0.3) is 0 Å². The van der Waals surface area contributed by atoms with Crippen LogP contribution in [0.1, 0.15) is 5.56 Å². The third kappa shape index (κ3) is 1.94. The Morgan fingerprint density at radius 2 is 1.78 bits per heavy atom. The summed E-state index contributed by atoms with van der Waals surface area (Å²) in [5.74, 6) is 0.957. The van der Waals surface area contributed by atoms with Crippen molar-refractivity contribution in [3.8, 4) is 5.75 Å². The third-order valence-corrected chi connectivity index (χ3v) is 1.72. The maximum absolute atomic E-state index is 5.06. The van der Waals surface area contributed by atoms with Crippen molar-refractivity contribution < 1.29 is 28.0 Å². The van der Waals surface area contributed by atoms with E-state index in [0.29, 0.717) is 0 Å². The maximum atomic E-state index is 5.06. The minimum absolute atomic E-state index is 0.957. The van der Waals surface area contributed by atoms with Crippen LogP contribution in [0.3, 0.4) is 0 Å². The van der Waals surface area contributed by atoms with Crippen LogP contribution >= 0.6 is 0 Å². The van der Waals surface area contributed by atoms with E-state index in [-0.39, 0.29) is 0 Å². The number of rotatable bonds is 1. The summed E-state index contributed by atoms with van der Waals surface area (Å²) < 4.78 is 5.06. The summed E-state index contributed by atoms with van der Waals surface area (Å²) in [4.78, 5) is 0. The number of benzene rings is 1. The van der Waals surface area contributed by atoms with Gasteiger partial charge in [0.2, 0.25) is 0 Å². The molecule has 0 aliphatic carbocycles. The Morgan fingerprint density at radius 3 is 2.22 bits per heavy atom. The van der Waals surface area contributed by atoms with Gasteiger partial charge in [-0.2, -0.15) is 0 Å². The second-order valence-corrected chi connectivity index (χ2v) is 2.42. The van der Waals surface area contributed by atoms with Gasteiger partial charge in [-0.05, 0) is 0 Å². The molecule has 0 atom stereocenters. The molecule has 0 radical (unpaired) electrons. The van der Waals surface area contributed by atoms with Crippen molar-refractivity contribution in [3.05, 3.63) is 29.8 Å². The van der Waals surface area contributed by atoms with Crippen LogP contribution in [0.4, 0.5) is 0 Å². The molecular weight excluding hydrogens is 191 g/mol. The Bertz CT molecular complexity index is 181. The molecule has 0 saturated heterocycles. The van der Waals surface area contributed by atoms with Gasteiger partial charge in [0, 0.05) is 0 Å². The molecule has 1 aromatic rings. The summed E-state index contributed by atoms with van der Waals surface area (Å²) in [6.45, 7) is 2.06. The molecule has 0 aliphatic rings. The van der Waals surface area contributed by atoms with E-state index in [1.807, 2.05) is 24.3 Å². The summed E-state index contributed by atoms with van der Waals surface area (Å²) >= 11 is 1.09. The molecule has 0 N–H and O–H groups in total. The molecule has 1 rings (SSSR count). The van der Waals surface area contributed by atoms with Crippen molar-refractivity contribution in [3.63, 3.8) is 0 Å². The molecule has 0 unspecified atom stereocenters. The van der Waals surface area contributed by atoms with Crippen molar-refractivity contribution in [2.24, 2.45) is 0 Å². The summed E-state index contributed by atoms with van der Waals surface area (Å²) in [7, 11) is 0. The first-order chi connectivity index (χ1) is 4.33. The zero-order valence-corrected chi connectivity index (χ0v) is 7.68. The van der Waals surface area contributed by atoms with Crippen LogP contribution < -0.4 is 2.81 Å². The zero-order chi connectivity index (χ0) is 6.69. The molecule has 1 nitrogen and oxygen atoms in total. The summed E-state index contributed by atoms with van der Waals surface area (Å²) in [5.41, 5.74) is 1.27. The monoisotopic (exact) mass is 197 g/mol. The molecule has 45 valence electrons. The van der Waals surface area contributed by atoms with Crippen LogP contribution in [0.5, 0.6) is 5.75 Å². The van der Waals surface area contributed by atoms with Crippen molar-refractivity contribution in [2.75, 3.05) is 0 Å². The second-order valence-electron chi connectivity index (χ2n) is 1.92. The zero-order valence-electron chi connectivity index (χ0n) is 5.22. The van der Waals surface area contributed by atoms with Gasteiger partial charge in [0.05, 0.1) is 0 Å². The molecule has 0 saturated carbocycles. The van der Waals surface area contributed by atoms with Gasteiger partial charge in [0.1, 0.15) is 0 Å². The molecule has 0 aromatic heterocycles. The van der Waals surface area contributed by atoms with Crippen LogP contribution in [-0.4, -0.2) is 0 Å². The standard InChI is InChI=1S/C7H8O.Zr/c1-6-2-4-7(8)5-3-6;/h2-5,8H,1H3;/q;+1/p-1. The molecule has 0 bridgehead atoms. The predicted octanol–water partition coefficient (Wildman–Crippen LogP) is 1.84. The van der Waals surface area contributed by atoms with E-state index in [1.54, 1.807) is 0 Å². The average Bonchev–Trinajstić information content (AvgIpc) is 1.90. The molecule has 2 heteroatoms. The number of hydrogen-bond acceptors (Lipinski definition) is 1. The van der Waals surface area contributed by atoms with E-state index in [1.165, 1.54) is 5.56 Å². The summed E-state index contributed by atoms with van der Waals surface area (Å²) in [6, 6.07) is 8.03. The molecule has 9 heavy (non-hydrogen) atoms. The number of hydrogen-bond donors (Lipinski definition) is 0. The molecular formula is C7H7OZr. The summed E-state index contributed by atoms with van der Waals surface area (Å²) in [5, 5.41) is 0. The summed E-state index contributed by atoms with van der Waals surface area (Å²) in [6.07, 6.45) is 0. The Hall–Kier alpha value is -0.0969. The molecule has 0 fully saturated rings. The topological polar surface area (TPSA) is 9.23 Å². The van der Waals surface area contributed by atoms with Crippen LogP contribution in [0.15, 0.2) is 24.3 Å².